The topological polar surface area (TPSA) is 104 Å². The Morgan fingerprint density at radius 2 is 1.95 bits per heavy atom. The first-order chi connectivity index (χ1) is 20.4. The highest BCUT2D eigenvalue weighted by Crippen LogP contribution is 2.40. The van der Waals surface area contributed by atoms with Gasteiger partial charge in [-0.2, -0.15) is 5.26 Å². The molecule has 5 rings (SSSR count). The molecule has 3 aromatic carbocycles. The number of morpholine rings is 1. The summed E-state index contributed by atoms with van der Waals surface area (Å²) in [6.45, 7) is 2.37. The third-order valence-corrected chi connectivity index (χ3v) is 8.33. The first-order valence-electron chi connectivity index (χ1n) is 13.1. The minimum Gasteiger partial charge on any atom is -0.493 e. The Labute approximate surface area is 256 Å². The van der Waals surface area contributed by atoms with E-state index in [0.29, 0.717) is 69.2 Å². The maximum atomic E-state index is 13.1. The maximum Gasteiger partial charge on any atom is 0.266 e. The molecule has 214 valence electrons. The van der Waals surface area contributed by atoms with Crippen LogP contribution in [-0.4, -0.2) is 67.2 Å². The largest absolute Gasteiger partial charge is 0.493 e. The Morgan fingerprint density at radius 1 is 1.17 bits per heavy atom. The number of thioether (sulfide) groups is 1. The van der Waals surface area contributed by atoms with E-state index < -0.39 is 0 Å². The van der Waals surface area contributed by atoms with E-state index in [4.69, 9.17) is 14.2 Å². The van der Waals surface area contributed by atoms with Crippen LogP contribution in [0.4, 0.5) is 5.69 Å². The average Bonchev–Trinajstić information content (AvgIpc) is 3.27. The van der Waals surface area contributed by atoms with Crippen molar-refractivity contribution in [1.29, 1.82) is 5.26 Å². The van der Waals surface area contributed by atoms with Gasteiger partial charge in [-0.1, -0.05) is 24.3 Å². The number of halogens is 1. The van der Waals surface area contributed by atoms with Gasteiger partial charge in [-0.05, 0) is 75.7 Å². The van der Waals surface area contributed by atoms with Crippen LogP contribution in [-0.2, 0) is 16.1 Å². The van der Waals surface area contributed by atoms with Gasteiger partial charge in [0.1, 0.15) is 6.61 Å². The summed E-state index contributed by atoms with van der Waals surface area (Å²) in [6, 6.07) is 20.1. The van der Waals surface area contributed by atoms with Crippen LogP contribution in [0.3, 0.4) is 0 Å². The second-order valence-corrected chi connectivity index (χ2v) is 11.3. The second kappa shape index (κ2) is 13.2. The standard InChI is InChI=1S/C31H27BrN4O5S/c1-35-30(38)27(42-31(35)34-24-9-5-8-21(17-24)29(37)36-10-12-40-13-11-36)16-20-14-25(32)28(26(15-20)39-2)41-19-23-7-4-3-6-22(23)18-33/h3-9,14-17H,10-13,19H2,1-2H3/b27-16+,34-31?. The fraction of sp³-hybridized carbons (Fsp3) is 0.226. The number of nitriles is 1. The molecule has 0 atom stereocenters. The number of benzene rings is 3. The molecule has 0 bridgehead atoms. The predicted octanol–water partition coefficient (Wildman–Crippen LogP) is 5.61. The average molecular weight is 648 g/mol. The molecule has 2 heterocycles. The van der Waals surface area contributed by atoms with Gasteiger partial charge < -0.3 is 19.1 Å². The van der Waals surface area contributed by atoms with Gasteiger partial charge in [0, 0.05) is 31.3 Å². The number of amidine groups is 1. The van der Waals surface area contributed by atoms with Gasteiger partial charge in [0.05, 0.1) is 47.0 Å². The smallest absolute Gasteiger partial charge is 0.266 e. The van der Waals surface area contributed by atoms with E-state index in [1.165, 1.54) is 16.7 Å². The van der Waals surface area contributed by atoms with E-state index in [1.807, 2.05) is 24.3 Å². The number of hydrogen-bond donors (Lipinski definition) is 0. The third kappa shape index (κ3) is 6.51. The van der Waals surface area contributed by atoms with Crippen molar-refractivity contribution in [2.45, 2.75) is 6.61 Å². The molecule has 2 amide bonds. The first kappa shape index (κ1) is 29.4. The molecule has 9 nitrogen and oxygen atoms in total. The van der Waals surface area contributed by atoms with E-state index >= 15 is 0 Å². The summed E-state index contributed by atoms with van der Waals surface area (Å²) in [7, 11) is 3.21. The van der Waals surface area contributed by atoms with Crippen molar-refractivity contribution in [3.8, 4) is 17.6 Å². The van der Waals surface area contributed by atoms with E-state index in [2.05, 4.69) is 27.0 Å². The van der Waals surface area contributed by atoms with Crippen LogP contribution in [0.1, 0.15) is 27.0 Å². The van der Waals surface area contributed by atoms with Crippen molar-refractivity contribution < 1.29 is 23.8 Å². The number of methoxy groups -OCH3 is 1. The second-order valence-electron chi connectivity index (χ2n) is 9.42. The zero-order chi connectivity index (χ0) is 29.6. The number of aliphatic imine (C=N–C) groups is 1. The lowest BCUT2D eigenvalue weighted by Gasteiger charge is -2.26. The van der Waals surface area contributed by atoms with Gasteiger partial charge in [0.2, 0.25) is 0 Å². The molecule has 0 saturated carbocycles. The number of amides is 2. The van der Waals surface area contributed by atoms with E-state index in [9.17, 15) is 14.9 Å². The van der Waals surface area contributed by atoms with Crippen LogP contribution in [0.15, 0.2) is 75.0 Å². The van der Waals surface area contributed by atoms with Gasteiger partial charge in [0.25, 0.3) is 11.8 Å². The highest BCUT2D eigenvalue weighted by atomic mass is 79.9. The number of carbonyl (C=O) groups is 2. The summed E-state index contributed by atoms with van der Waals surface area (Å²) >= 11 is 4.82. The zero-order valence-electron chi connectivity index (χ0n) is 23.0. The Balaban J connectivity index is 1.34. The maximum absolute atomic E-state index is 13.1. The van der Waals surface area contributed by atoms with E-state index in [-0.39, 0.29) is 18.4 Å². The molecule has 2 aliphatic rings. The number of likely N-dealkylation sites (N-methyl/N-ethyl adjacent to an activating group) is 1. The van der Waals surface area contributed by atoms with Crippen molar-refractivity contribution in [3.05, 3.63) is 92.3 Å². The molecule has 0 N–H and O–H groups in total. The summed E-state index contributed by atoms with van der Waals surface area (Å²) in [4.78, 5) is 34.4. The van der Waals surface area contributed by atoms with Crippen LogP contribution in [0.5, 0.6) is 11.5 Å². The third-order valence-electron chi connectivity index (χ3n) is 6.68. The van der Waals surface area contributed by atoms with Crippen molar-refractivity contribution in [2.24, 2.45) is 4.99 Å². The van der Waals surface area contributed by atoms with Gasteiger partial charge in [-0.3, -0.25) is 14.5 Å². The monoisotopic (exact) mass is 646 g/mol. The molecule has 0 radical (unpaired) electrons. The molecule has 11 heteroatoms. The molecule has 0 spiro atoms. The highest BCUT2D eigenvalue weighted by molar-refractivity contribution is 9.10. The molecular weight excluding hydrogens is 620 g/mol. The summed E-state index contributed by atoms with van der Waals surface area (Å²) in [5.41, 5.74) is 3.16. The van der Waals surface area contributed by atoms with Crippen molar-refractivity contribution in [1.82, 2.24) is 9.80 Å². The number of nitrogens with zero attached hydrogens (tertiary/aromatic N) is 4. The lowest BCUT2D eigenvalue weighted by Crippen LogP contribution is -2.40. The molecular formula is C31H27BrN4O5S. The van der Waals surface area contributed by atoms with E-state index in [1.54, 1.807) is 61.5 Å². The molecule has 2 saturated heterocycles. The quantitative estimate of drug-likeness (QED) is 0.307. The summed E-state index contributed by atoms with van der Waals surface area (Å²) in [5.74, 6) is 0.710. The van der Waals surface area contributed by atoms with Crippen LogP contribution in [0, 0.1) is 11.3 Å². The normalized spacial score (nSPS) is 17.0. The zero-order valence-corrected chi connectivity index (χ0v) is 25.4. The number of hydrogen-bond acceptors (Lipinski definition) is 8. The summed E-state index contributed by atoms with van der Waals surface area (Å²) in [6.07, 6.45) is 1.77. The van der Waals surface area contributed by atoms with Crippen LogP contribution in [0.2, 0.25) is 0 Å². The van der Waals surface area contributed by atoms with Gasteiger partial charge in [-0.15, -0.1) is 0 Å². The number of carbonyl (C=O) groups excluding carboxylic acids is 2. The summed E-state index contributed by atoms with van der Waals surface area (Å²) in [5, 5.41) is 9.87. The number of ether oxygens (including phenoxy) is 3. The fourth-order valence-corrected chi connectivity index (χ4v) is 6.00. The van der Waals surface area contributed by atoms with Crippen LogP contribution >= 0.6 is 27.7 Å². The Bertz CT molecular complexity index is 1630. The van der Waals surface area contributed by atoms with Gasteiger partial charge in [-0.25, -0.2) is 4.99 Å². The lowest BCUT2D eigenvalue weighted by molar-refractivity contribution is -0.121. The SMILES string of the molecule is COc1cc(/C=C2/SC(=Nc3cccc(C(=O)N4CCOCC4)c3)N(C)C2=O)cc(Br)c1OCc1ccccc1C#N. The van der Waals surface area contributed by atoms with Crippen LogP contribution < -0.4 is 9.47 Å². The fourth-order valence-electron chi connectivity index (χ4n) is 4.44. The predicted molar refractivity (Wildman–Crippen MR) is 165 cm³/mol. The van der Waals surface area contributed by atoms with Crippen molar-refractivity contribution in [3.63, 3.8) is 0 Å². The van der Waals surface area contributed by atoms with Crippen molar-refractivity contribution >= 4 is 56.4 Å². The first-order valence-corrected chi connectivity index (χ1v) is 14.7. The molecule has 0 aliphatic carbocycles. The Kier molecular flexibility index (Phi) is 9.27. The molecule has 2 fully saturated rings. The summed E-state index contributed by atoms with van der Waals surface area (Å²) < 4.78 is 17.6. The Morgan fingerprint density at radius 3 is 2.71 bits per heavy atom. The lowest BCUT2D eigenvalue weighted by atomic mass is 10.1. The van der Waals surface area contributed by atoms with Crippen molar-refractivity contribution in [2.75, 3.05) is 40.5 Å². The molecule has 0 aromatic heterocycles. The van der Waals surface area contributed by atoms with Gasteiger partial charge in [0.15, 0.2) is 16.7 Å². The number of rotatable bonds is 7. The molecule has 2 aliphatic heterocycles. The molecule has 0 unspecified atom stereocenters. The Hall–Kier alpha value is -4.11. The molecule has 42 heavy (non-hydrogen) atoms. The van der Waals surface area contributed by atoms with Gasteiger partial charge >= 0.3 is 0 Å². The minimum atomic E-state index is -0.192. The van der Waals surface area contributed by atoms with E-state index in [0.717, 1.165) is 11.1 Å². The minimum absolute atomic E-state index is 0.0642. The van der Waals surface area contributed by atoms with Crippen LogP contribution in [0.25, 0.3) is 6.08 Å². The molecule has 3 aromatic rings. The highest BCUT2D eigenvalue weighted by Gasteiger charge is 2.31.